The van der Waals surface area contributed by atoms with Gasteiger partial charge < -0.3 is 11.1 Å². The Hall–Kier alpha value is -2.08. The van der Waals surface area contributed by atoms with Gasteiger partial charge in [-0.15, -0.1) is 11.3 Å². The average molecular weight is 259 g/mol. The Labute approximate surface area is 108 Å². The van der Waals surface area contributed by atoms with Crippen LogP contribution in [0.2, 0.25) is 0 Å². The smallest absolute Gasteiger partial charge is 0.106 e. The normalized spacial score (nSPS) is 10.9. The van der Waals surface area contributed by atoms with Gasteiger partial charge in [-0.25, -0.2) is 4.98 Å². The lowest BCUT2D eigenvalue weighted by molar-refractivity contribution is 1.04. The summed E-state index contributed by atoms with van der Waals surface area (Å²) in [4.78, 5) is 4.28. The summed E-state index contributed by atoms with van der Waals surface area (Å²) in [5.74, 6) is 0. The number of thiazole rings is 1. The fraction of sp³-hybridized carbons (Fsp3) is 0.167. The first-order chi connectivity index (χ1) is 8.75. The van der Waals surface area contributed by atoms with Gasteiger partial charge in [0.1, 0.15) is 5.52 Å². The summed E-state index contributed by atoms with van der Waals surface area (Å²) >= 11 is 1.59. The fourth-order valence-corrected chi connectivity index (χ4v) is 2.54. The average Bonchev–Trinajstić information content (AvgIpc) is 2.98. The van der Waals surface area contributed by atoms with E-state index in [1.54, 1.807) is 11.3 Å². The summed E-state index contributed by atoms with van der Waals surface area (Å²) < 4.78 is 1.11. The lowest BCUT2D eigenvalue weighted by atomic mass is 10.2. The molecule has 0 atom stereocenters. The molecular formula is C12H13N5S. The molecule has 92 valence electrons. The molecule has 18 heavy (non-hydrogen) atoms. The maximum Gasteiger partial charge on any atom is 0.106 e. The Morgan fingerprint density at radius 2 is 2.33 bits per heavy atom. The van der Waals surface area contributed by atoms with Crippen molar-refractivity contribution in [1.29, 1.82) is 0 Å². The van der Waals surface area contributed by atoms with E-state index in [0.717, 1.165) is 27.2 Å². The van der Waals surface area contributed by atoms with Gasteiger partial charge in [0.15, 0.2) is 0 Å². The molecule has 0 aliphatic heterocycles. The standard InChI is InChI=1S/C12H13N5S/c1-7-8(5-16-17-7)4-14-9-2-3-10-12(11(9)13)15-6-18-10/h2-3,5-6,14H,4,13H2,1H3,(H,16,17). The van der Waals surface area contributed by atoms with E-state index in [4.69, 9.17) is 5.73 Å². The molecule has 4 N–H and O–H groups in total. The highest BCUT2D eigenvalue weighted by atomic mass is 32.1. The minimum absolute atomic E-state index is 0.697. The highest BCUT2D eigenvalue weighted by molar-refractivity contribution is 7.16. The van der Waals surface area contributed by atoms with E-state index >= 15 is 0 Å². The maximum absolute atomic E-state index is 6.10. The summed E-state index contributed by atoms with van der Waals surface area (Å²) in [5, 5.41) is 10.2. The number of rotatable bonds is 3. The zero-order valence-electron chi connectivity index (χ0n) is 9.90. The zero-order valence-corrected chi connectivity index (χ0v) is 10.7. The lowest BCUT2D eigenvalue weighted by Crippen LogP contribution is -2.03. The van der Waals surface area contributed by atoms with Crippen molar-refractivity contribution >= 4 is 32.9 Å². The summed E-state index contributed by atoms with van der Waals surface area (Å²) in [5.41, 5.74) is 12.6. The van der Waals surface area contributed by atoms with Gasteiger partial charge in [-0.05, 0) is 19.1 Å². The van der Waals surface area contributed by atoms with Crippen molar-refractivity contribution in [2.75, 3.05) is 11.1 Å². The van der Waals surface area contributed by atoms with E-state index in [1.165, 1.54) is 0 Å². The number of nitrogens with two attached hydrogens (primary N) is 1. The molecule has 0 aliphatic carbocycles. The number of hydrogen-bond acceptors (Lipinski definition) is 5. The first-order valence-corrected chi connectivity index (χ1v) is 6.48. The molecule has 0 aliphatic rings. The van der Waals surface area contributed by atoms with Crippen LogP contribution in [-0.2, 0) is 6.54 Å². The van der Waals surface area contributed by atoms with Gasteiger partial charge in [0.05, 0.1) is 27.8 Å². The van der Waals surface area contributed by atoms with Crippen LogP contribution in [0, 0.1) is 6.92 Å². The molecule has 0 saturated carbocycles. The van der Waals surface area contributed by atoms with Crippen LogP contribution in [0.15, 0.2) is 23.8 Å². The second kappa shape index (κ2) is 4.30. The maximum atomic E-state index is 6.10. The Kier molecular flexibility index (Phi) is 2.64. The van der Waals surface area contributed by atoms with Gasteiger partial charge in [0, 0.05) is 17.8 Å². The third kappa shape index (κ3) is 1.80. The summed E-state index contributed by atoms with van der Waals surface area (Å²) in [7, 11) is 0. The second-order valence-corrected chi connectivity index (χ2v) is 4.99. The van der Waals surface area contributed by atoms with E-state index in [9.17, 15) is 0 Å². The van der Waals surface area contributed by atoms with E-state index in [0.29, 0.717) is 12.2 Å². The van der Waals surface area contributed by atoms with E-state index in [1.807, 2.05) is 30.8 Å². The third-order valence-corrected chi connectivity index (χ3v) is 3.74. The number of anilines is 2. The molecule has 3 rings (SSSR count). The van der Waals surface area contributed by atoms with Crippen molar-refractivity contribution in [3.63, 3.8) is 0 Å². The number of benzene rings is 1. The molecule has 2 aromatic heterocycles. The predicted molar refractivity (Wildman–Crippen MR) is 74.7 cm³/mol. The van der Waals surface area contributed by atoms with Crippen molar-refractivity contribution in [1.82, 2.24) is 15.2 Å². The van der Waals surface area contributed by atoms with Gasteiger partial charge in [0.2, 0.25) is 0 Å². The lowest BCUT2D eigenvalue weighted by Gasteiger charge is -2.09. The molecule has 0 unspecified atom stereocenters. The largest absolute Gasteiger partial charge is 0.395 e. The number of nitrogens with zero attached hydrogens (tertiary/aromatic N) is 2. The minimum Gasteiger partial charge on any atom is -0.395 e. The molecule has 0 radical (unpaired) electrons. The Morgan fingerprint density at radius 3 is 3.11 bits per heavy atom. The molecule has 3 aromatic rings. The number of nitrogens with one attached hydrogen (secondary N) is 2. The molecule has 6 heteroatoms. The Morgan fingerprint density at radius 1 is 1.44 bits per heavy atom. The SMILES string of the molecule is Cc1[nH]ncc1CNc1ccc2scnc2c1N. The number of hydrogen-bond donors (Lipinski definition) is 3. The third-order valence-electron chi connectivity index (χ3n) is 2.95. The number of aromatic amines is 1. The van der Waals surface area contributed by atoms with Crippen molar-refractivity contribution in [3.05, 3.63) is 35.1 Å². The highest BCUT2D eigenvalue weighted by Gasteiger charge is 2.07. The molecule has 0 bridgehead atoms. The number of H-pyrrole nitrogens is 1. The van der Waals surface area contributed by atoms with Gasteiger partial charge in [-0.3, -0.25) is 5.10 Å². The molecule has 2 heterocycles. The van der Waals surface area contributed by atoms with Gasteiger partial charge in [0.25, 0.3) is 0 Å². The van der Waals surface area contributed by atoms with E-state index < -0.39 is 0 Å². The molecule has 0 amide bonds. The molecule has 1 aromatic carbocycles. The van der Waals surface area contributed by atoms with Crippen molar-refractivity contribution in [2.45, 2.75) is 13.5 Å². The zero-order chi connectivity index (χ0) is 12.5. The Bertz CT molecular complexity index is 685. The quantitative estimate of drug-likeness (QED) is 0.631. The van der Waals surface area contributed by atoms with Crippen LogP contribution >= 0.6 is 11.3 Å². The van der Waals surface area contributed by atoms with Crippen LogP contribution < -0.4 is 11.1 Å². The number of nitrogen functional groups attached to an aromatic ring is 1. The van der Waals surface area contributed by atoms with E-state index in [-0.39, 0.29) is 0 Å². The second-order valence-electron chi connectivity index (χ2n) is 4.10. The van der Waals surface area contributed by atoms with Crippen LogP contribution in [0.25, 0.3) is 10.2 Å². The monoisotopic (exact) mass is 259 g/mol. The van der Waals surface area contributed by atoms with Crippen LogP contribution in [0.1, 0.15) is 11.3 Å². The van der Waals surface area contributed by atoms with Gasteiger partial charge >= 0.3 is 0 Å². The highest BCUT2D eigenvalue weighted by Crippen LogP contribution is 2.30. The summed E-state index contributed by atoms with van der Waals surface area (Å²) in [6, 6.07) is 4.03. The van der Waals surface area contributed by atoms with Gasteiger partial charge in [-0.1, -0.05) is 0 Å². The van der Waals surface area contributed by atoms with Crippen LogP contribution in [0.5, 0.6) is 0 Å². The summed E-state index contributed by atoms with van der Waals surface area (Å²) in [6.45, 7) is 2.69. The number of fused-ring (bicyclic) bond motifs is 1. The van der Waals surface area contributed by atoms with Crippen molar-refractivity contribution < 1.29 is 0 Å². The fourth-order valence-electron chi connectivity index (χ4n) is 1.85. The molecular weight excluding hydrogens is 246 g/mol. The molecule has 5 nitrogen and oxygen atoms in total. The first kappa shape index (κ1) is 11.0. The predicted octanol–water partition coefficient (Wildman–Crippen LogP) is 2.52. The van der Waals surface area contributed by atoms with Crippen molar-refractivity contribution in [3.8, 4) is 0 Å². The molecule has 0 spiro atoms. The number of aromatic nitrogens is 3. The van der Waals surface area contributed by atoms with Crippen LogP contribution in [-0.4, -0.2) is 15.2 Å². The first-order valence-electron chi connectivity index (χ1n) is 5.60. The number of aryl methyl sites for hydroxylation is 1. The van der Waals surface area contributed by atoms with Crippen molar-refractivity contribution in [2.24, 2.45) is 0 Å². The van der Waals surface area contributed by atoms with Crippen LogP contribution in [0.4, 0.5) is 11.4 Å². The van der Waals surface area contributed by atoms with Gasteiger partial charge in [-0.2, -0.15) is 5.10 Å². The summed E-state index contributed by atoms with van der Waals surface area (Å²) in [6.07, 6.45) is 1.82. The molecule has 0 saturated heterocycles. The molecule has 0 fully saturated rings. The minimum atomic E-state index is 0.697. The van der Waals surface area contributed by atoms with Crippen LogP contribution in [0.3, 0.4) is 0 Å². The van der Waals surface area contributed by atoms with E-state index in [2.05, 4.69) is 20.5 Å². The Balaban J connectivity index is 1.86. The topological polar surface area (TPSA) is 79.6 Å².